The molecule has 3 nitrogen and oxygen atoms in total. The molecule has 1 aromatic carbocycles. The Kier molecular flexibility index (Phi) is 4.61. The first kappa shape index (κ1) is 14.1. The smallest absolute Gasteiger partial charge is 0.137 e. The first-order valence-electron chi connectivity index (χ1n) is 6.29. The van der Waals surface area contributed by atoms with Gasteiger partial charge in [0.1, 0.15) is 5.82 Å². The summed E-state index contributed by atoms with van der Waals surface area (Å²) in [5.41, 5.74) is 6.83. The van der Waals surface area contributed by atoms with Crippen molar-refractivity contribution in [2.24, 2.45) is 12.8 Å². The second-order valence-corrected chi connectivity index (χ2v) is 5.70. The Morgan fingerprint density at radius 3 is 2.84 bits per heavy atom. The molecule has 5 heteroatoms. The van der Waals surface area contributed by atoms with Crippen molar-refractivity contribution in [3.63, 3.8) is 0 Å². The molecule has 0 aliphatic carbocycles. The molecule has 0 saturated carbocycles. The summed E-state index contributed by atoms with van der Waals surface area (Å²) >= 11 is 1.38. The van der Waals surface area contributed by atoms with Gasteiger partial charge in [-0.25, -0.2) is 4.39 Å². The van der Waals surface area contributed by atoms with E-state index in [2.05, 4.69) is 5.10 Å². The summed E-state index contributed by atoms with van der Waals surface area (Å²) < 4.78 is 15.7. The van der Waals surface area contributed by atoms with Crippen molar-refractivity contribution in [3.8, 4) is 0 Å². The van der Waals surface area contributed by atoms with Crippen LogP contribution in [0.1, 0.15) is 18.9 Å². The lowest BCUT2D eigenvalue weighted by molar-refractivity contribution is 0.593. The molecule has 1 unspecified atom stereocenters. The second-order valence-electron chi connectivity index (χ2n) is 4.59. The van der Waals surface area contributed by atoms with E-state index in [1.54, 1.807) is 16.9 Å². The van der Waals surface area contributed by atoms with Crippen LogP contribution in [0.5, 0.6) is 0 Å². The van der Waals surface area contributed by atoms with Crippen LogP contribution in [-0.4, -0.2) is 15.8 Å². The molecule has 0 radical (unpaired) electrons. The van der Waals surface area contributed by atoms with Crippen LogP contribution >= 0.6 is 11.8 Å². The summed E-state index contributed by atoms with van der Waals surface area (Å²) in [4.78, 5) is 1.54. The van der Waals surface area contributed by atoms with E-state index in [1.807, 2.05) is 32.3 Å². The lowest BCUT2D eigenvalue weighted by Gasteiger charge is -2.09. The highest BCUT2D eigenvalue weighted by Crippen LogP contribution is 2.29. The lowest BCUT2D eigenvalue weighted by atomic mass is 10.0. The number of nitrogens with two attached hydrogens (primary N) is 1. The zero-order valence-electron chi connectivity index (χ0n) is 11.1. The number of aryl methyl sites for hydroxylation is 1. The van der Waals surface area contributed by atoms with Crippen LogP contribution in [0.25, 0.3) is 0 Å². The lowest BCUT2D eigenvalue weighted by Crippen LogP contribution is -2.21. The Hall–Kier alpha value is -1.33. The number of rotatable bonds is 5. The van der Waals surface area contributed by atoms with Gasteiger partial charge in [0, 0.05) is 24.2 Å². The molecule has 19 heavy (non-hydrogen) atoms. The molecule has 2 aromatic rings. The molecular formula is C14H18FN3S. The Labute approximate surface area is 117 Å². The van der Waals surface area contributed by atoms with Gasteiger partial charge in [0.15, 0.2) is 0 Å². The molecule has 102 valence electrons. The Morgan fingerprint density at radius 1 is 1.47 bits per heavy atom. The molecule has 2 rings (SSSR count). The number of aromatic nitrogens is 2. The van der Waals surface area contributed by atoms with Crippen LogP contribution < -0.4 is 5.73 Å². The quantitative estimate of drug-likeness (QED) is 0.915. The average Bonchev–Trinajstić information content (AvgIpc) is 2.78. The van der Waals surface area contributed by atoms with Crippen molar-refractivity contribution in [2.45, 2.75) is 35.6 Å². The van der Waals surface area contributed by atoms with E-state index >= 15 is 0 Å². The predicted molar refractivity (Wildman–Crippen MR) is 75.7 cm³/mol. The topological polar surface area (TPSA) is 43.8 Å². The third-order valence-corrected chi connectivity index (χ3v) is 3.93. The van der Waals surface area contributed by atoms with Crippen LogP contribution in [0.4, 0.5) is 4.39 Å². The number of halogens is 1. The maximum atomic E-state index is 14.0. The fraction of sp³-hybridized carbons (Fsp3) is 0.357. The van der Waals surface area contributed by atoms with Crippen LogP contribution in [0.15, 0.2) is 40.4 Å². The molecule has 1 atom stereocenters. The largest absolute Gasteiger partial charge is 0.327 e. The van der Waals surface area contributed by atoms with Gasteiger partial charge in [-0.2, -0.15) is 5.10 Å². The van der Waals surface area contributed by atoms with Gasteiger partial charge in [0.25, 0.3) is 0 Å². The van der Waals surface area contributed by atoms with Crippen LogP contribution in [0, 0.1) is 5.82 Å². The fourth-order valence-electron chi connectivity index (χ4n) is 1.78. The van der Waals surface area contributed by atoms with Crippen molar-refractivity contribution in [1.29, 1.82) is 0 Å². The maximum absolute atomic E-state index is 14.0. The molecule has 0 aliphatic rings. The zero-order chi connectivity index (χ0) is 13.8. The number of hydrogen-bond donors (Lipinski definition) is 1. The number of nitrogens with zero attached hydrogens (tertiary/aromatic N) is 2. The van der Waals surface area contributed by atoms with E-state index in [9.17, 15) is 4.39 Å². The minimum atomic E-state index is -0.199. The van der Waals surface area contributed by atoms with Crippen molar-refractivity contribution < 1.29 is 4.39 Å². The third-order valence-electron chi connectivity index (χ3n) is 2.93. The zero-order valence-corrected chi connectivity index (χ0v) is 12.0. The number of hydrogen-bond acceptors (Lipinski definition) is 3. The van der Waals surface area contributed by atoms with Gasteiger partial charge >= 0.3 is 0 Å². The highest BCUT2D eigenvalue weighted by atomic mass is 32.2. The van der Waals surface area contributed by atoms with Gasteiger partial charge in [0.2, 0.25) is 0 Å². The molecule has 0 saturated heterocycles. The van der Waals surface area contributed by atoms with Crippen LogP contribution in [0.2, 0.25) is 0 Å². The predicted octanol–water partition coefficient (Wildman–Crippen LogP) is 2.99. The van der Waals surface area contributed by atoms with E-state index in [4.69, 9.17) is 5.73 Å². The molecule has 1 aromatic heterocycles. The average molecular weight is 279 g/mol. The van der Waals surface area contributed by atoms with Crippen molar-refractivity contribution >= 4 is 11.8 Å². The summed E-state index contributed by atoms with van der Waals surface area (Å²) in [6.45, 7) is 2.04. The molecule has 0 amide bonds. The molecule has 0 spiro atoms. The summed E-state index contributed by atoms with van der Waals surface area (Å²) in [5, 5.41) is 4.07. The standard InChI is InChI=1S/C14H18FN3S/c1-3-11(16)6-10-4-5-14(13(15)7-10)19-12-8-17-18(2)9-12/h4-5,7-9,11H,3,6,16H2,1-2H3. The highest BCUT2D eigenvalue weighted by molar-refractivity contribution is 7.99. The molecule has 0 bridgehead atoms. The third kappa shape index (κ3) is 3.81. The summed E-state index contributed by atoms with van der Waals surface area (Å²) in [7, 11) is 1.84. The molecular weight excluding hydrogens is 261 g/mol. The monoisotopic (exact) mass is 279 g/mol. The maximum Gasteiger partial charge on any atom is 0.137 e. The highest BCUT2D eigenvalue weighted by Gasteiger charge is 2.08. The normalized spacial score (nSPS) is 12.6. The van der Waals surface area contributed by atoms with Crippen molar-refractivity contribution in [1.82, 2.24) is 9.78 Å². The van der Waals surface area contributed by atoms with Gasteiger partial charge in [-0.05, 0) is 30.5 Å². The minimum Gasteiger partial charge on any atom is -0.327 e. The van der Waals surface area contributed by atoms with E-state index in [-0.39, 0.29) is 11.9 Å². The van der Waals surface area contributed by atoms with Gasteiger partial charge in [0.05, 0.1) is 11.1 Å². The fourth-order valence-corrected chi connectivity index (χ4v) is 2.63. The van der Waals surface area contributed by atoms with Gasteiger partial charge in [-0.1, -0.05) is 24.8 Å². The van der Waals surface area contributed by atoms with Gasteiger partial charge < -0.3 is 5.73 Å². The molecule has 1 heterocycles. The second kappa shape index (κ2) is 6.21. The van der Waals surface area contributed by atoms with Crippen LogP contribution in [-0.2, 0) is 13.5 Å². The van der Waals surface area contributed by atoms with Crippen molar-refractivity contribution in [2.75, 3.05) is 0 Å². The summed E-state index contributed by atoms with van der Waals surface area (Å²) in [5.74, 6) is -0.199. The molecule has 0 fully saturated rings. The number of benzene rings is 1. The molecule has 0 aliphatic heterocycles. The van der Waals surface area contributed by atoms with Gasteiger partial charge in [-0.15, -0.1) is 0 Å². The summed E-state index contributed by atoms with van der Waals surface area (Å²) in [6.07, 6.45) is 5.20. The van der Waals surface area contributed by atoms with Crippen LogP contribution in [0.3, 0.4) is 0 Å². The van der Waals surface area contributed by atoms with E-state index in [0.717, 1.165) is 16.9 Å². The Bertz CT molecular complexity index is 553. The molecule has 2 N–H and O–H groups in total. The minimum absolute atomic E-state index is 0.0937. The van der Waals surface area contributed by atoms with Gasteiger partial charge in [-0.3, -0.25) is 4.68 Å². The van der Waals surface area contributed by atoms with E-state index < -0.39 is 0 Å². The van der Waals surface area contributed by atoms with Crippen molar-refractivity contribution in [3.05, 3.63) is 42.0 Å². The van der Waals surface area contributed by atoms with E-state index in [1.165, 1.54) is 11.8 Å². The summed E-state index contributed by atoms with van der Waals surface area (Å²) in [6, 6.07) is 5.42. The van der Waals surface area contributed by atoms with E-state index in [0.29, 0.717) is 11.3 Å². The first-order valence-corrected chi connectivity index (χ1v) is 7.10. The SMILES string of the molecule is CCC(N)Cc1ccc(Sc2cnn(C)c2)c(F)c1. The Balaban J connectivity index is 2.10. The Morgan fingerprint density at radius 2 is 2.26 bits per heavy atom. The first-order chi connectivity index (χ1) is 9.08.